The van der Waals surface area contributed by atoms with Gasteiger partial charge in [-0.3, -0.25) is 9.59 Å². The van der Waals surface area contributed by atoms with Gasteiger partial charge in [0.25, 0.3) is 0 Å². The normalized spacial score (nSPS) is 20.0. The van der Waals surface area contributed by atoms with Crippen molar-refractivity contribution in [2.45, 2.75) is 64.0 Å². The molecule has 1 fully saturated rings. The number of carbonyl (C=O) groups is 3. The first-order chi connectivity index (χ1) is 16.8. The Morgan fingerprint density at radius 2 is 1.63 bits per heavy atom. The summed E-state index contributed by atoms with van der Waals surface area (Å²) in [4.78, 5) is 36.6. The molecule has 0 heterocycles. The molecule has 2 amide bonds. The fourth-order valence-corrected chi connectivity index (χ4v) is 5.31. The fourth-order valence-electron chi connectivity index (χ4n) is 5.31. The highest BCUT2D eigenvalue weighted by atomic mass is 16.5. The standard InChI is InChI=1S/C28H34N2O5/c1-17(2)25(15-26(31)32)30-27(33)18-8-7-9-19(14-18)29-28(34)35-16-24-22-12-5-3-10-20(22)21-11-4-6-13-23(21)24/h3-6,10-13,17-19,24-25H,7-9,14-16H2,1-2H3,(H,29,34)(H,30,33)(H,31,32)/t18-,19+,25-/m0/s1. The second kappa shape index (κ2) is 10.9. The van der Waals surface area contributed by atoms with Gasteiger partial charge in [-0.15, -0.1) is 0 Å². The minimum atomic E-state index is -0.928. The number of hydrogen-bond acceptors (Lipinski definition) is 4. The predicted molar refractivity (Wildman–Crippen MR) is 133 cm³/mol. The maximum atomic E-state index is 12.8. The van der Waals surface area contributed by atoms with Gasteiger partial charge in [0.05, 0.1) is 6.42 Å². The summed E-state index contributed by atoms with van der Waals surface area (Å²) in [5, 5.41) is 15.0. The molecule has 2 aromatic rings. The number of rotatable bonds is 8. The fraction of sp³-hybridized carbons (Fsp3) is 0.464. The lowest BCUT2D eigenvalue weighted by Crippen LogP contribution is -2.46. The van der Waals surface area contributed by atoms with E-state index in [-0.39, 0.29) is 42.7 Å². The molecular formula is C28H34N2O5. The average Bonchev–Trinajstić information content (AvgIpc) is 3.16. The van der Waals surface area contributed by atoms with Gasteiger partial charge in [-0.25, -0.2) is 4.79 Å². The van der Waals surface area contributed by atoms with E-state index in [0.717, 1.165) is 30.4 Å². The first-order valence-electron chi connectivity index (χ1n) is 12.5. The van der Waals surface area contributed by atoms with E-state index in [9.17, 15) is 14.4 Å². The molecule has 186 valence electrons. The molecule has 0 spiro atoms. The lowest BCUT2D eigenvalue weighted by atomic mass is 9.84. The molecular weight excluding hydrogens is 444 g/mol. The van der Waals surface area contributed by atoms with Crippen LogP contribution in [0, 0.1) is 11.8 Å². The summed E-state index contributed by atoms with van der Waals surface area (Å²) >= 11 is 0. The maximum absolute atomic E-state index is 12.8. The molecule has 0 unspecified atom stereocenters. The first-order valence-corrected chi connectivity index (χ1v) is 12.5. The van der Waals surface area contributed by atoms with Crippen molar-refractivity contribution < 1.29 is 24.2 Å². The highest BCUT2D eigenvalue weighted by Crippen LogP contribution is 2.44. The van der Waals surface area contributed by atoms with Crippen molar-refractivity contribution in [2.75, 3.05) is 6.61 Å². The summed E-state index contributed by atoms with van der Waals surface area (Å²) < 4.78 is 5.66. The number of carbonyl (C=O) groups excluding carboxylic acids is 2. The maximum Gasteiger partial charge on any atom is 0.407 e. The van der Waals surface area contributed by atoms with Crippen molar-refractivity contribution in [3.8, 4) is 11.1 Å². The van der Waals surface area contributed by atoms with Gasteiger partial charge in [-0.05, 0) is 47.4 Å². The van der Waals surface area contributed by atoms with Gasteiger partial charge in [-0.1, -0.05) is 68.8 Å². The van der Waals surface area contributed by atoms with Crippen LogP contribution in [-0.2, 0) is 14.3 Å². The van der Waals surface area contributed by atoms with Crippen molar-refractivity contribution >= 4 is 18.0 Å². The molecule has 7 heteroatoms. The van der Waals surface area contributed by atoms with E-state index in [1.807, 2.05) is 38.1 Å². The van der Waals surface area contributed by atoms with Crippen molar-refractivity contribution in [3.63, 3.8) is 0 Å². The quantitative estimate of drug-likeness (QED) is 0.510. The van der Waals surface area contributed by atoms with Crippen molar-refractivity contribution in [2.24, 2.45) is 11.8 Å². The van der Waals surface area contributed by atoms with Crippen LogP contribution >= 0.6 is 0 Å². The average molecular weight is 479 g/mol. The topological polar surface area (TPSA) is 105 Å². The summed E-state index contributed by atoms with van der Waals surface area (Å²) in [6.45, 7) is 4.05. The van der Waals surface area contributed by atoms with Gasteiger partial charge >= 0.3 is 12.1 Å². The third-order valence-corrected chi connectivity index (χ3v) is 7.24. The van der Waals surface area contributed by atoms with Crippen molar-refractivity contribution in [1.29, 1.82) is 0 Å². The SMILES string of the molecule is CC(C)[C@H](CC(=O)O)NC(=O)[C@H]1CCC[C@@H](NC(=O)OCC2c3ccccc3-c3ccccc32)C1. The van der Waals surface area contributed by atoms with E-state index in [4.69, 9.17) is 9.84 Å². The lowest BCUT2D eigenvalue weighted by Gasteiger charge is -2.30. The molecule has 3 N–H and O–H groups in total. The van der Waals surface area contributed by atoms with E-state index in [2.05, 4.69) is 34.9 Å². The molecule has 1 saturated carbocycles. The molecule has 4 rings (SSSR count). The molecule has 0 aliphatic heterocycles. The van der Waals surface area contributed by atoms with E-state index < -0.39 is 18.1 Å². The Hall–Kier alpha value is -3.35. The van der Waals surface area contributed by atoms with Crippen LogP contribution in [0.25, 0.3) is 11.1 Å². The van der Waals surface area contributed by atoms with E-state index in [1.165, 1.54) is 11.1 Å². The van der Waals surface area contributed by atoms with Crippen LogP contribution in [0.4, 0.5) is 4.79 Å². The summed E-state index contributed by atoms with van der Waals surface area (Å²) in [5.41, 5.74) is 4.69. The highest BCUT2D eigenvalue weighted by molar-refractivity contribution is 5.80. The van der Waals surface area contributed by atoms with E-state index >= 15 is 0 Å². The molecule has 3 atom stereocenters. The second-order valence-corrected chi connectivity index (χ2v) is 9.99. The lowest BCUT2D eigenvalue weighted by molar-refractivity contribution is -0.138. The monoisotopic (exact) mass is 478 g/mol. The summed E-state index contributed by atoms with van der Waals surface area (Å²) in [7, 11) is 0. The molecule has 2 aromatic carbocycles. The Morgan fingerprint density at radius 3 is 2.23 bits per heavy atom. The Bertz CT molecular complexity index is 1040. The number of amides is 2. The van der Waals surface area contributed by atoms with Crippen LogP contribution in [0.5, 0.6) is 0 Å². The van der Waals surface area contributed by atoms with Crippen LogP contribution in [0.3, 0.4) is 0 Å². The molecule has 0 radical (unpaired) electrons. The summed E-state index contributed by atoms with van der Waals surface area (Å²) in [5.74, 6) is -1.29. The third-order valence-electron chi connectivity index (χ3n) is 7.24. The van der Waals surface area contributed by atoms with Crippen molar-refractivity contribution in [1.82, 2.24) is 10.6 Å². The number of fused-ring (bicyclic) bond motifs is 3. The zero-order valence-corrected chi connectivity index (χ0v) is 20.3. The smallest absolute Gasteiger partial charge is 0.407 e. The van der Waals surface area contributed by atoms with Crippen molar-refractivity contribution in [3.05, 3.63) is 59.7 Å². The number of nitrogens with one attached hydrogen (secondary N) is 2. The van der Waals surface area contributed by atoms with E-state index in [1.54, 1.807) is 0 Å². The summed E-state index contributed by atoms with van der Waals surface area (Å²) in [6, 6.07) is 15.9. The largest absolute Gasteiger partial charge is 0.481 e. The number of carboxylic acids is 1. The zero-order chi connectivity index (χ0) is 24.9. The Labute approximate surface area is 206 Å². The third kappa shape index (κ3) is 5.84. The van der Waals surface area contributed by atoms with Gasteiger partial charge in [0.1, 0.15) is 6.61 Å². The molecule has 0 aromatic heterocycles. The first kappa shape index (κ1) is 24.8. The molecule has 0 bridgehead atoms. The van der Waals surface area contributed by atoms with Gasteiger partial charge in [-0.2, -0.15) is 0 Å². The Balaban J connectivity index is 1.31. The second-order valence-electron chi connectivity index (χ2n) is 9.99. The highest BCUT2D eigenvalue weighted by Gasteiger charge is 2.32. The number of carboxylic acid groups (broad SMARTS) is 1. The molecule has 2 aliphatic rings. The Kier molecular flexibility index (Phi) is 7.73. The Morgan fingerprint density at radius 1 is 1.00 bits per heavy atom. The van der Waals surface area contributed by atoms with Gasteiger partial charge in [0.15, 0.2) is 0 Å². The van der Waals surface area contributed by atoms with Gasteiger partial charge < -0.3 is 20.5 Å². The number of alkyl carbamates (subject to hydrolysis) is 1. The van der Waals surface area contributed by atoms with Crippen LogP contribution in [0.1, 0.15) is 63.0 Å². The zero-order valence-electron chi connectivity index (χ0n) is 20.3. The summed E-state index contributed by atoms with van der Waals surface area (Å²) in [6.07, 6.45) is 2.29. The number of ether oxygens (including phenoxy) is 1. The van der Waals surface area contributed by atoms with E-state index in [0.29, 0.717) is 6.42 Å². The van der Waals surface area contributed by atoms with Crippen LogP contribution in [-0.4, -0.2) is 41.8 Å². The number of aliphatic carboxylic acids is 1. The van der Waals surface area contributed by atoms with Gasteiger partial charge in [0.2, 0.25) is 5.91 Å². The van der Waals surface area contributed by atoms with Gasteiger partial charge in [0, 0.05) is 23.9 Å². The number of benzene rings is 2. The predicted octanol–water partition coefficient (Wildman–Crippen LogP) is 4.70. The molecule has 7 nitrogen and oxygen atoms in total. The van der Waals surface area contributed by atoms with Crippen LogP contribution in [0.2, 0.25) is 0 Å². The number of hydrogen-bond donors (Lipinski definition) is 3. The molecule has 35 heavy (non-hydrogen) atoms. The van der Waals surface area contributed by atoms with Crippen LogP contribution in [0.15, 0.2) is 48.5 Å². The minimum absolute atomic E-state index is 0.000217. The van der Waals surface area contributed by atoms with Crippen LogP contribution < -0.4 is 10.6 Å². The minimum Gasteiger partial charge on any atom is -0.481 e. The molecule has 2 aliphatic carbocycles. The molecule has 0 saturated heterocycles.